The smallest absolute Gasteiger partial charge is 0.212 e. The summed E-state index contributed by atoms with van der Waals surface area (Å²) in [7, 11) is -3.67. The summed E-state index contributed by atoms with van der Waals surface area (Å²) in [6.45, 7) is 0. The van der Waals surface area contributed by atoms with Gasteiger partial charge >= 0.3 is 0 Å². The highest BCUT2D eigenvalue weighted by molar-refractivity contribution is 7.94. The van der Waals surface area contributed by atoms with Crippen LogP contribution in [0.3, 0.4) is 0 Å². The van der Waals surface area contributed by atoms with Crippen LogP contribution in [0.25, 0.3) is 0 Å². The van der Waals surface area contributed by atoms with Crippen molar-refractivity contribution < 1.29 is 8.42 Å². The molecule has 0 radical (unpaired) electrons. The SMILES string of the molecule is NNc1cccc(S(=O)(=O)C(Cl)Cl)c1. The lowest BCUT2D eigenvalue weighted by molar-refractivity contribution is 0.598. The molecule has 0 heterocycles. The standard InChI is InChI=1S/C7H8Cl2N2O2S/c8-7(9)14(12,13)6-3-1-2-5(4-6)11-10/h1-4,7,11H,10H2. The Labute approximate surface area is 91.9 Å². The molecule has 0 saturated carbocycles. The number of rotatable bonds is 3. The van der Waals surface area contributed by atoms with Crippen LogP contribution in [0.5, 0.6) is 0 Å². The molecule has 0 atom stereocenters. The van der Waals surface area contributed by atoms with Crippen LogP contribution in [0.1, 0.15) is 0 Å². The van der Waals surface area contributed by atoms with Crippen molar-refractivity contribution in [2.75, 3.05) is 5.43 Å². The number of hydrazine groups is 1. The Bertz CT molecular complexity index is 419. The number of hydrogen-bond donors (Lipinski definition) is 2. The van der Waals surface area contributed by atoms with Crippen molar-refractivity contribution in [2.45, 2.75) is 9.06 Å². The minimum absolute atomic E-state index is 0.0305. The Balaban J connectivity index is 3.20. The van der Waals surface area contributed by atoms with Crippen molar-refractivity contribution in [1.29, 1.82) is 0 Å². The minimum Gasteiger partial charge on any atom is -0.324 e. The van der Waals surface area contributed by atoms with Crippen molar-refractivity contribution in [3.63, 3.8) is 0 Å². The fourth-order valence-electron chi connectivity index (χ4n) is 0.866. The Hall–Kier alpha value is -0.490. The van der Waals surface area contributed by atoms with Gasteiger partial charge in [-0.05, 0) is 18.2 Å². The fourth-order valence-corrected chi connectivity index (χ4v) is 2.25. The highest BCUT2D eigenvalue weighted by Gasteiger charge is 2.22. The second-order valence-electron chi connectivity index (χ2n) is 2.48. The molecule has 78 valence electrons. The molecule has 14 heavy (non-hydrogen) atoms. The molecule has 0 saturated heterocycles. The van der Waals surface area contributed by atoms with Crippen LogP contribution >= 0.6 is 23.2 Å². The van der Waals surface area contributed by atoms with Gasteiger partial charge in [0.25, 0.3) is 0 Å². The Morgan fingerprint density at radius 2 is 2.00 bits per heavy atom. The van der Waals surface area contributed by atoms with Gasteiger partial charge in [-0.1, -0.05) is 29.3 Å². The molecule has 0 fully saturated rings. The summed E-state index contributed by atoms with van der Waals surface area (Å²) in [6, 6.07) is 5.91. The van der Waals surface area contributed by atoms with Gasteiger partial charge in [0.2, 0.25) is 14.0 Å². The maximum absolute atomic E-state index is 11.5. The zero-order chi connectivity index (χ0) is 10.8. The van der Waals surface area contributed by atoms with Gasteiger partial charge in [-0.2, -0.15) is 0 Å². The third-order valence-corrected chi connectivity index (χ3v) is 4.35. The van der Waals surface area contributed by atoms with Gasteiger partial charge in [0.05, 0.1) is 4.90 Å². The van der Waals surface area contributed by atoms with Gasteiger partial charge in [0.1, 0.15) is 0 Å². The molecule has 1 aromatic carbocycles. The fraction of sp³-hybridized carbons (Fsp3) is 0.143. The second-order valence-corrected chi connectivity index (χ2v) is 6.12. The molecule has 3 N–H and O–H groups in total. The van der Waals surface area contributed by atoms with E-state index in [2.05, 4.69) is 5.43 Å². The Kier molecular flexibility index (Phi) is 3.60. The van der Waals surface area contributed by atoms with Crippen molar-refractivity contribution in [2.24, 2.45) is 5.84 Å². The average molecular weight is 255 g/mol. The molecule has 0 bridgehead atoms. The molecule has 1 rings (SSSR count). The quantitative estimate of drug-likeness (QED) is 0.488. The highest BCUT2D eigenvalue weighted by atomic mass is 35.5. The Morgan fingerprint density at radius 3 is 2.50 bits per heavy atom. The monoisotopic (exact) mass is 254 g/mol. The van der Waals surface area contributed by atoms with E-state index in [0.29, 0.717) is 5.69 Å². The predicted octanol–water partition coefficient (Wildman–Crippen LogP) is 1.51. The third kappa shape index (κ3) is 2.30. The summed E-state index contributed by atoms with van der Waals surface area (Å²) in [5.74, 6) is 5.13. The summed E-state index contributed by atoms with van der Waals surface area (Å²) < 4.78 is 21.5. The number of halogens is 2. The third-order valence-electron chi connectivity index (χ3n) is 1.56. The zero-order valence-corrected chi connectivity index (χ0v) is 9.27. The largest absolute Gasteiger partial charge is 0.324 e. The number of alkyl halides is 2. The number of sulfone groups is 1. The van der Waals surface area contributed by atoms with E-state index in [-0.39, 0.29) is 4.90 Å². The summed E-state index contributed by atoms with van der Waals surface area (Å²) in [6.07, 6.45) is 0. The molecule has 0 spiro atoms. The molecule has 0 aliphatic heterocycles. The Morgan fingerprint density at radius 1 is 1.36 bits per heavy atom. The molecular formula is C7H8Cl2N2O2S. The number of nitrogens with one attached hydrogen (secondary N) is 1. The van der Waals surface area contributed by atoms with Crippen LogP contribution in [-0.2, 0) is 9.84 Å². The number of anilines is 1. The van der Waals surface area contributed by atoms with E-state index >= 15 is 0 Å². The molecule has 0 aromatic heterocycles. The predicted molar refractivity (Wildman–Crippen MR) is 56.9 cm³/mol. The normalized spacial score (nSPS) is 11.7. The maximum Gasteiger partial charge on any atom is 0.212 e. The molecule has 7 heteroatoms. The van der Waals surface area contributed by atoms with Gasteiger partial charge < -0.3 is 5.43 Å². The summed E-state index contributed by atoms with van der Waals surface area (Å²) in [5.41, 5.74) is 2.80. The number of nitrogen functional groups attached to an aromatic ring is 1. The lowest BCUT2D eigenvalue weighted by atomic mass is 10.3. The first-order chi connectivity index (χ1) is 6.48. The van der Waals surface area contributed by atoms with Crippen LogP contribution in [0.15, 0.2) is 29.2 Å². The van der Waals surface area contributed by atoms with Crippen molar-refractivity contribution in [3.8, 4) is 0 Å². The topological polar surface area (TPSA) is 72.2 Å². The summed E-state index contributed by atoms with van der Waals surface area (Å²) in [5, 5.41) is 0. The van der Waals surface area contributed by atoms with Gasteiger partial charge in [-0.15, -0.1) is 0 Å². The van der Waals surface area contributed by atoms with Crippen LogP contribution in [0, 0.1) is 0 Å². The van der Waals surface area contributed by atoms with Crippen LogP contribution in [0.2, 0.25) is 0 Å². The van der Waals surface area contributed by atoms with E-state index in [1.165, 1.54) is 18.2 Å². The van der Waals surface area contributed by atoms with E-state index in [1.54, 1.807) is 6.07 Å². The van der Waals surface area contributed by atoms with Crippen molar-refractivity contribution in [3.05, 3.63) is 24.3 Å². The summed E-state index contributed by atoms with van der Waals surface area (Å²) in [4.78, 5) is 0.0305. The van der Waals surface area contributed by atoms with Gasteiger partial charge in [-0.25, -0.2) is 8.42 Å². The van der Waals surface area contributed by atoms with Gasteiger partial charge in [-0.3, -0.25) is 5.84 Å². The van der Waals surface area contributed by atoms with Gasteiger partial charge in [0, 0.05) is 5.69 Å². The number of nitrogens with two attached hydrogens (primary N) is 1. The van der Waals surface area contributed by atoms with Crippen molar-refractivity contribution in [1.82, 2.24) is 0 Å². The molecule has 0 unspecified atom stereocenters. The lowest BCUT2D eigenvalue weighted by Crippen LogP contribution is -2.11. The first-order valence-corrected chi connectivity index (χ1v) is 5.99. The summed E-state index contributed by atoms with van der Waals surface area (Å²) >= 11 is 10.7. The van der Waals surface area contributed by atoms with Crippen LogP contribution < -0.4 is 11.3 Å². The second kappa shape index (κ2) is 4.35. The van der Waals surface area contributed by atoms with E-state index in [0.717, 1.165) is 0 Å². The number of benzene rings is 1. The molecule has 0 aliphatic rings. The molecular weight excluding hydrogens is 247 g/mol. The highest BCUT2D eigenvalue weighted by Crippen LogP contribution is 2.23. The van der Waals surface area contributed by atoms with E-state index in [9.17, 15) is 8.42 Å². The van der Waals surface area contributed by atoms with Crippen LogP contribution in [0.4, 0.5) is 5.69 Å². The van der Waals surface area contributed by atoms with E-state index in [4.69, 9.17) is 29.0 Å². The number of hydrogen-bond acceptors (Lipinski definition) is 4. The first-order valence-electron chi connectivity index (χ1n) is 3.57. The van der Waals surface area contributed by atoms with Crippen LogP contribution in [-0.4, -0.2) is 12.6 Å². The molecule has 4 nitrogen and oxygen atoms in total. The molecule has 0 aliphatic carbocycles. The van der Waals surface area contributed by atoms with Crippen molar-refractivity contribution >= 4 is 38.7 Å². The lowest BCUT2D eigenvalue weighted by Gasteiger charge is -2.06. The first kappa shape index (κ1) is 11.6. The van der Waals surface area contributed by atoms with Gasteiger partial charge in [0.15, 0.2) is 0 Å². The average Bonchev–Trinajstić information content (AvgIpc) is 2.17. The maximum atomic E-state index is 11.5. The van der Waals surface area contributed by atoms with E-state index < -0.39 is 14.0 Å². The van der Waals surface area contributed by atoms with E-state index in [1.807, 2.05) is 0 Å². The zero-order valence-electron chi connectivity index (χ0n) is 6.94. The molecule has 1 aromatic rings. The minimum atomic E-state index is -3.67. The molecule has 0 amide bonds.